The molecule has 3 rings (SSSR count). The molecule has 0 bridgehead atoms. The number of sulfone groups is 1. The van der Waals surface area contributed by atoms with Crippen LogP contribution in [0, 0.1) is 10.1 Å². The number of nitro groups is 1. The molecule has 3 aromatic rings. The van der Waals surface area contributed by atoms with Crippen LogP contribution < -0.4 is 5.32 Å². The summed E-state index contributed by atoms with van der Waals surface area (Å²) in [5, 5.41) is 21.0. The molecule has 2 aromatic carbocycles. The summed E-state index contributed by atoms with van der Waals surface area (Å²) < 4.78 is 23.0. The Bertz CT molecular complexity index is 1210. The molecule has 0 saturated heterocycles. The maximum atomic E-state index is 12.4. The van der Waals surface area contributed by atoms with E-state index < -0.39 is 20.7 Å². The molecule has 0 aliphatic carbocycles. The van der Waals surface area contributed by atoms with Gasteiger partial charge in [-0.15, -0.1) is 10.2 Å². The number of hydrogen-bond donors (Lipinski definition) is 1. The van der Waals surface area contributed by atoms with Crippen LogP contribution in [0.4, 0.5) is 11.4 Å². The third-order valence-electron chi connectivity index (χ3n) is 3.84. The van der Waals surface area contributed by atoms with Gasteiger partial charge in [-0.1, -0.05) is 23.7 Å². The second-order valence-electron chi connectivity index (χ2n) is 5.99. The van der Waals surface area contributed by atoms with E-state index in [1.54, 1.807) is 24.3 Å². The van der Waals surface area contributed by atoms with Gasteiger partial charge in [-0.25, -0.2) is 8.42 Å². The molecule has 0 fully saturated rings. The molecule has 9 nitrogen and oxygen atoms in total. The lowest BCUT2D eigenvalue weighted by Gasteiger charge is -2.08. The minimum absolute atomic E-state index is 0.0651. The van der Waals surface area contributed by atoms with Crippen molar-refractivity contribution in [3.8, 4) is 11.3 Å². The molecule has 0 aliphatic rings. The van der Waals surface area contributed by atoms with E-state index in [1.807, 2.05) is 0 Å². The van der Waals surface area contributed by atoms with Crippen molar-refractivity contribution in [3.63, 3.8) is 0 Å². The van der Waals surface area contributed by atoms with E-state index in [-0.39, 0.29) is 21.3 Å². The summed E-state index contributed by atoms with van der Waals surface area (Å²) in [6.45, 7) is 0. The van der Waals surface area contributed by atoms with Crippen molar-refractivity contribution in [2.45, 2.75) is 5.03 Å². The van der Waals surface area contributed by atoms with Crippen LogP contribution in [-0.4, -0.2) is 35.7 Å². The molecule has 0 aliphatic heterocycles. The van der Waals surface area contributed by atoms with Gasteiger partial charge >= 0.3 is 0 Å². The van der Waals surface area contributed by atoms with E-state index in [0.717, 1.165) is 12.3 Å². The lowest BCUT2D eigenvalue weighted by atomic mass is 10.1. The SMILES string of the molecule is CS(=O)(=O)c1ccc(-c2cccc(NC(=O)c3ccc(Cl)c([N+](=O)[O-])c3)c2)nn1. The number of nitrogens with zero attached hydrogens (tertiary/aromatic N) is 3. The zero-order chi connectivity index (χ0) is 21.2. The quantitative estimate of drug-likeness (QED) is 0.482. The summed E-state index contributed by atoms with van der Waals surface area (Å²) in [6, 6.07) is 13.2. The molecule has 1 heterocycles. The van der Waals surface area contributed by atoms with Gasteiger partial charge in [0.2, 0.25) is 0 Å². The lowest BCUT2D eigenvalue weighted by Crippen LogP contribution is -2.12. The molecule has 0 radical (unpaired) electrons. The minimum atomic E-state index is -3.46. The number of halogens is 1. The second kappa shape index (κ2) is 7.94. The van der Waals surface area contributed by atoms with E-state index in [2.05, 4.69) is 15.5 Å². The first-order valence-corrected chi connectivity index (χ1v) is 10.3. The van der Waals surface area contributed by atoms with Crippen LogP contribution in [0.3, 0.4) is 0 Å². The molecule has 29 heavy (non-hydrogen) atoms. The first-order chi connectivity index (χ1) is 13.6. The smallest absolute Gasteiger partial charge is 0.288 e. The Morgan fingerprint density at radius 1 is 1.10 bits per heavy atom. The summed E-state index contributed by atoms with van der Waals surface area (Å²) in [5.41, 5.74) is 1.13. The van der Waals surface area contributed by atoms with E-state index in [9.17, 15) is 23.3 Å². The Balaban J connectivity index is 1.84. The molecule has 0 saturated carbocycles. The summed E-state index contributed by atoms with van der Waals surface area (Å²) in [6.07, 6.45) is 1.04. The van der Waals surface area contributed by atoms with Crippen LogP contribution >= 0.6 is 11.6 Å². The molecular formula is C18H13ClN4O5S. The minimum Gasteiger partial charge on any atom is -0.322 e. The van der Waals surface area contributed by atoms with Crippen molar-refractivity contribution < 1.29 is 18.1 Å². The highest BCUT2D eigenvalue weighted by atomic mass is 35.5. The van der Waals surface area contributed by atoms with E-state index >= 15 is 0 Å². The summed E-state index contributed by atoms with van der Waals surface area (Å²) in [4.78, 5) is 22.7. The summed E-state index contributed by atoms with van der Waals surface area (Å²) >= 11 is 5.76. The fourth-order valence-corrected chi connectivity index (χ4v) is 3.12. The number of aromatic nitrogens is 2. The number of amides is 1. The van der Waals surface area contributed by atoms with Gasteiger partial charge in [-0.2, -0.15) is 0 Å². The van der Waals surface area contributed by atoms with E-state index in [4.69, 9.17) is 11.6 Å². The second-order valence-corrected chi connectivity index (χ2v) is 8.36. The number of anilines is 1. The van der Waals surface area contributed by atoms with Crippen molar-refractivity contribution in [2.75, 3.05) is 11.6 Å². The topological polar surface area (TPSA) is 132 Å². The van der Waals surface area contributed by atoms with Crippen molar-refractivity contribution in [1.82, 2.24) is 10.2 Å². The average Bonchev–Trinajstić information content (AvgIpc) is 2.67. The van der Waals surface area contributed by atoms with Gasteiger partial charge in [0.1, 0.15) is 5.02 Å². The first-order valence-electron chi connectivity index (χ1n) is 8.04. The Hall–Kier alpha value is -3.37. The highest BCUT2D eigenvalue weighted by Crippen LogP contribution is 2.26. The maximum absolute atomic E-state index is 12.4. The first kappa shape index (κ1) is 20.4. The van der Waals surface area contributed by atoms with Crippen LogP contribution in [0.25, 0.3) is 11.3 Å². The predicted octanol–water partition coefficient (Wildman–Crippen LogP) is 3.36. The maximum Gasteiger partial charge on any atom is 0.288 e. The van der Waals surface area contributed by atoms with Crippen LogP contribution in [-0.2, 0) is 9.84 Å². The van der Waals surface area contributed by atoms with Gasteiger partial charge in [0.25, 0.3) is 11.6 Å². The van der Waals surface area contributed by atoms with Crippen LogP contribution in [0.2, 0.25) is 5.02 Å². The fraction of sp³-hybridized carbons (Fsp3) is 0.0556. The molecule has 0 unspecified atom stereocenters. The average molecular weight is 433 g/mol. The van der Waals surface area contributed by atoms with Gasteiger partial charge in [-0.3, -0.25) is 14.9 Å². The molecule has 1 amide bonds. The Kier molecular flexibility index (Phi) is 5.57. The molecule has 0 spiro atoms. The number of carbonyl (C=O) groups is 1. The standard InChI is InChI=1S/C18H13ClN4O5S/c1-29(27,28)17-8-7-15(21-22-17)11-3-2-4-13(9-11)20-18(24)12-5-6-14(19)16(10-12)23(25)26/h2-10H,1H3,(H,20,24). The Labute approximate surface area is 170 Å². The van der Waals surface area contributed by atoms with Gasteiger partial charge in [0.05, 0.1) is 10.6 Å². The molecule has 1 aromatic heterocycles. The predicted molar refractivity (Wildman–Crippen MR) is 107 cm³/mol. The molecular weight excluding hydrogens is 420 g/mol. The van der Waals surface area contributed by atoms with Crippen LogP contribution in [0.15, 0.2) is 59.6 Å². The van der Waals surface area contributed by atoms with E-state index in [0.29, 0.717) is 16.9 Å². The molecule has 1 N–H and O–H groups in total. The Morgan fingerprint density at radius 2 is 1.86 bits per heavy atom. The highest BCUT2D eigenvalue weighted by molar-refractivity contribution is 7.90. The highest BCUT2D eigenvalue weighted by Gasteiger charge is 2.17. The largest absolute Gasteiger partial charge is 0.322 e. The zero-order valence-electron chi connectivity index (χ0n) is 14.9. The van der Waals surface area contributed by atoms with E-state index in [1.165, 1.54) is 24.3 Å². The number of rotatable bonds is 5. The number of benzene rings is 2. The fourth-order valence-electron chi connectivity index (χ4n) is 2.43. The molecule has 11 heteroatoms. The normalized spacial score (nSPS) is 11.1. The van der Waals surface area contributed by atoms with Crippen molar-refractivity contribution in [2.24, 2.45) is 0 Å². The van der Waals surface area contributed by atoms with Crippen molar-refractivity contribution in [3.05, 3.63) is 75.3 Å². The monoisotopic (exact) mass is 432 g/mol. The number of hydrogen-bond acceptors (Lipinski definition) is 7. The molecule has 148 valence electrons. The Morgan fingerprint density at radius 3 is 2.48 bits per heavy atom. The summed E-state index contributed by atoms with van der Waals surface area (Å²) in [5.74, 6) is -0.555. The third kappa shape index (κ3) is 4.73. The number of nitrogens with one attached hydrogen (secondary N) is 1. The lowest BCUT2D eigenvalue weighted by molar-refractivity contribution is -0.384. The van der Waals surface area contributed by atoms with Crippen molar-refractivity contribution in [1.29, 1.82) is 0 Å². The van der Waals surface area contributed by atoms with Gasteiger partial charge < -0.3 is 5.32 Å². The van der Waals surface area contributed by atoms with Crippen LogP contribution in [0.1, 0.15) is 10.4 Å². The number of carbonyl (C=O) groups excluding carboxylic acids is 1. The summed E-state index contributed by atoms with van der Waals surface area (Å²) in [7, 11) is -3.46. The molecule has 0 atom stereocenters. The third-order valence-corrected chi connectivity index (χ3v) is 5.14. The van der Waals surface area contributed by atoms with Gasteiger partial charge in [-0.05, 0) is 36.4 Å². The van der Waals surface area contributed by atoms with Gasteiger partial charge in [0.15, 0.2) is 14.9 Å². The van der Waals surface area contributed by atoms with Crippen LogP contribution in [0.5, 0.6) is 0 Å². The number of nitro benzene ring substituents is 1. The van der Waals surface area contributed by atoms with Gasteiger partial charge in [0, 0.05) is 29.1 Å². The van der Waals surface area contributed by atoms with Crippen molar-refractivity contribution >= 4 is 38.7 Å². The zero-order valence-corrected chi connectivity index (χ0v) is 16.4.